The van der Waals surface area contributed by atoms with E-state index < -0.39 is 15.6 Å². The lowest BCUT2D eigenvalue weighted by molar-refractivity contribution is 0.0141. The summed E-state index contributed by atoms with van der Waals surface area (Å²) in [5, 5.41) is 0. The average Bonchev–Trinajstić information content (AvgIpc) is 3.00. The molecule has 3 heterocycles. The van der Waals surface area contributed by atoms with Crippen LogP contribution in [-0.4, -0.2) is 78.1 Å². The van der Waals surface area contributed by atoms with Crippen LogP contribution in [0.25, 0.3) is 11.3 Å². The highest BCUT2D eigenvalue weighted by Gasteiger charge is 2.35. The van der Waals surface area contributed by atoms with Crippen LogP contribution in [0, 0.1) is 25.2 Å². The lowest BCUT2D eigenvalue weighted by atomic mass is 9.86. The molecule has 0 spiro atoms. The number of amides is 2. The topological polar surface area (TPSA) is 131 Å². The number of hydrogen-bond donors (Lipinski definition) is 1. The van der Waals surface area contributed by atoms with Gasteiger partial charge in [0.1, 0.15) is 12.2 Å². The number of sulfonamides is 1. The van der Waals surface area contributed by atoms with Crippen LogP contribution in [0.15, 0.2) is 53.4 Å². The van der Waals surface area contributed by atoms with Gasteiger partial charge in [-0.05, 0) is 94.5 Å². The van der Waals surface area contributed by atoms with Crippen molar-refractivity contribution < 1.29 is 27.5 Å². The number of piperidine rings is 1. The van der Waals surface area contributed by atoms with E-state index in [-0.39, 0.29) is 58.3 Å². The van der Waals surface area contributed by atoms with E-state index in [0.29, 0.717) is 44.6 Å². The van der Waals surface area contributed by atoms with Gasteiger partial charge in [0.2, 0.25) is 11.8 Å². The van der Waals surface area contributed by atoms with Crippen molar-refractivity contribution in [3.63, 3.8) is 0 Å². The van der Waals surface area contributed by atoms with E-state index in [2.05, 4.69) is 35.5 Å². The molecule has 2 amide bonds. The van der Waals surface area contributed by atoms with E-state index in [1.165, 1.54) is 12.1 Å². The van der Waals surface area contributed by atoms with E-state index in [9.17, 15) is 18.0 Å². The molecule has 3 aromatic rings. The summed E-state index contributed by atoms with van der Waals surface area (Å²) >= 11 is 0. The maximum Gasteiger partial charge on any atom is 0.410 e. The summed E-state index contributed by atoms with van der Waals surface area (Å²) in [6.07, 6.45) is 1.67. The molecule has 11 nitrogen and oxygen atoms in total. The van der Waals surface area contributed by atoms with Crippen LogP contribution in [0.3, 0.4) is 0 Å². The van der Waals surface area contributed by atoms with E-state index >= 15 is 0 Å². The zero-order chi connectivity index (χ0) is 35.7. The minimum atomic E-state index is -4.17. The summed E-state index contributed by atoms with van der Waals surface area (Å²) in [5.41, 5.74) is 2.85. The van der Waals surface area contributed by atoms with E-state index in [0.717, 1.165) is 16.7 Å². The highest BCUT2D eigenvalue weighted by Crippen LogP contribution is 2.32. The van der Waals surface area contributed by atoms with Crippen molar-refractivity contribution in [2.75, 3.05) is 31.0 Å². The van der Waals surface area contributed by atoms with E-state index in [4.69, 9.17) is 9.47 Å². The first-order valence-electron chi connectivity index (χ1n) is 16.9. The number of nitrogens with zero attached hydrogens (tertiary/aromatic N) is 4. The van der Waals surface area contributed by atoms with Gasteiger partial charge in [0.25, 0.3) is 15.9 Å². The van der Waals surface area contributed by atoms with Crippen LogP contribution in [0.2, 0.25) is 0 Å². The number of anilines is 1. The predicted octanol–water partition coefficient (Wildman–Crippen LogP) is 6.85. The summed E-state index contributed by atoms with van der Waals surface area (Å²) in [6.45, 7) is 17.5. The van der Waals surface area contributed by atoms with E-state index in [1.54, 1.807) is 23.1 Å². The molecule has 49 heavy (non-hydrogen) atoms. The number of ether oxygens (including phenoxy) is 2. The summed E-state index contributed by atoms with van der Waals surface area (Å²) < 4.78 is 41.9. The Bertz CT molecular complexity index is 1790. The van der Waals surface area contributed by atoms with Crippen molar-refractivity contribution in [1.29, 1.82) is 0 Å². The van der Waals surface area contributed by atoms with Crippen molar-refractivity contribution in [3.05, 3.63) is 65.2 Å². The minimum absolute atomic E-state index is 0.0702. The lowest BCUT2D eigenvalue weighted by Crippen LogP contribution is -2.50. The van der Waals surface area contributed by atoms with Gasteiger partial charge >= 0.3 is 6.09 Å². The summed E-state index contributed by atoms with van der Waals surface area (Å²) in [4.78, 5) is 39.8. The molecule has 264 valence electrons. The molecule has 1 aromatic heterocycles. The van der Waals surface area contributed by atoms with Gasteiger partial charge in [-0.15, -0.1) is 0 Å². The third-order valence-corrected chi connectivity index (χ3v) is 10.1. The quantitative estimate of drug-likeness (QED) is 0.315. The number of likely N-dealkylation sites (tertiary alicyclic amines) is 1. The molecular weight excluding hydrogens is 643 g/mol. The second-order valence-corrected chi connectivity index (χ2v) is 17.1. The molecular formula is C37H49N5O6S. The smallest absolute Gasteiger partial charge is 0.410 e. The Morgan fingerprint density at radius 3 is 2.27 bits per heavy atom. The second kappa shape index (κ2) is 14.0. The maximum atomic E-state index is 14.5. The van der Waals surface area contributed by atoms with Gasteiger partial charge in [0.15, 0.2) is 0 Å². The molecule has 1 saturated heterocycles. The fourth-order valence-corrected chi connectivity index (χ4v) is 7.47. The molecule has 1 N–H and O–H groups in total. The van der Waals surface area contributed by atoms with Gasteiger partial charge in [-0.2, -0.15) is 4.98 Å². The van der Waals surface area contributed by atoms with Gasteiger partial charge in [-0.1, -0.05) is 45.0 Å². The first-order valence-corrected chi connectivity index (χ1v) is 18.4. The van der Waals surface area contributed by atoms with Crippen molar-refractivity contribution in [2.24, 2.45) is 11.3 Å². The molecule has 12 heteroatoms. The number of nitrogens with one attached hydrogen (secondary N) is 1. The molecule has 2 aliphatic heterocycles. The molecule has 1 atom stereocenters. The number of fused-ring (bicyclic) bond motifs is 4. The van der Waals surface area contributed by atoms with Crippen LogP contribution in [0.1, 0.15) is 82.3 Å². The molecule has 0 unspecified atom stereocenters. The number of hydrogen-bond acceptors (Lipinski definition) is 8. The summed E-state index contributed by atoms with van der Waals surface area (Å²) in [5.74, 6) is -0.0891. The van der Waals surface area contributed by atoms with E-state index in [1.807, 2.05) is 57.7 Å². The Hall–Kier alpha value is -4.19. The largest absolute Gasteiger partial charge is 0.475 e. The number of benzene rings is 2. The van der Waals surface area contributed by atoms with Crippen LogP contribution >= 0.6 is 0 Å². The number of aromatic nitrogens is 2. The number of aryl methyl sites for hydroxylation is 2. The fourth-order valence-electron chi connectivity index (χ4n) is 6.48. The lowest BCUT2D eigenvalue weighted by Gasteiger charge is -2.40. The zero-order valence-corrected chi connectivity index (χ0v) is 30.7. The molecule has 0 radical (unpaired) electrons. The predicted molar refractivity (Wildman–Crippen MR) is 189 cm³/mol. The Kier molecular flexibility index (Phi) is 10.3. The molecule has 2 aromatic carbocycles. The monoisotopic (exact) mass is 691 g/mol. The maximum absolute atomic E-state index is 14.5. The fraction of sp³-hybridized carbons (Fsp3) is 0.514. The number of rotatable bonds is 4. The third-order valence-electron chi connectivity index (χ3n) is 8.75. The van der Waals surface area contributed by atoms with Crippen LogP contribution < -0.4 is 9.46 Å². The molecule has 4 bridgehead atoms. The molecule has 0 saturated carbocycles. The van der Waals surface area contributed by atoms with Gasteiger partial charge in [0.05, 0.1) is 16.6 Å². The highest BCUT2D eigenvalue weighted by atomic mass is 32.2. The molecule has 0 aliphatic carbocycles. The van der Waals surface area contributed by atoms with Crippen molar-refractivity contribution in [1.82, 2.24) is 19.8 Å². The van der Waals surface area contributed by atoms with Crippen molar-refractivity contribution in [3.8, 4) is 17.1 Å². The zero-order valence-electron chi connectivity index (χ0n) is 29.9. The van der Waals surface area contributed by atoms with Gasteiger partial charge in [-0.25, -0.2) is 22.9 Å². The minimum Gasteiger partial charge on any atom is -0.475 e. The Morgan fingerprint density at radius 1 is 0.980 bits per heavy atom. The van der Waals surface area contributed by atoms with Crippen molar-refractivity contribution >= 4 is 28.0 Å². The normalized spacial score (nSPS) is 18.8. The van der Waals surface area contributed by atoms with Crippen LogP contribution in [-0.2, 0) is 14.8 Å². The van der Waals surface area contributed by atoms with Crippen LogP contribution in [0.5, 0.6) is 5.88 Å². The standard InChI is InChI=1S/C37H49N5O6S/c1-24-11-9-12-25(2)32(24)30-20-31-39-34(38-30)40-49(45,46)29-14-10-13-27(19-29)33(43)42(28(23-47-31)21-36(3,4)5)22-26-15-17-41(18-16-26)35(44)48-37(6,7)8/h9-14,19-20,26,28H,15-18,21-23H2,1-8H3,(H,38,39,40)/t28-/m1/s1. The Balaban J connectivity index is 1.54. The second-order valence-electron chi connectivity index (χ2n) is 15.4. The average molecular weight is 692 g/mol. The molecule has 5 rings (SSSR count). The molecule has 1 fully saturated rings. The number of carbonyl (C=O) groups is 2. The first-order chi connectivity index (χ1) is 22.9. The Morgan fingerprint density at radius 2 is 1.63 bits per heavy atom. The highest BCUT2D eigenvalue weighted by molar-refractivity contribution is 7.92. The Labute approximate surface area is 290 Å². The number of carbonyl (C=O) groups excluding carboxylic acids is 2. The van der Waals surface area contributed by atoms with Crippen molar-refractivity contribution in [2.45, 2.75) is 91.2 Å². The van der Waals surface area contributed by atoms with Gasteiger partial charge < -0.3 is 19.3 Å². The van der Waals surface area contributed by atoms with Crippen LogP contribution in [0.4, 0.5) is 10.7 Å². The third kappa shape index (κ3) is 9.09. The first kappa shape index (κ1) is 36.1. The summed E-state index contributed by atoms with van der Waals surface area (Å²) in [7, 11) is -4.17. The van der Waals surface area contributed by atoms with Gasteiger partial charge in [-0.3, -0.25) is 4.79 Å². The summed E-state index contributed by atoms with van der Waals surface area (Å²) in [6, 6.07) is 13.3. The SMILES string of the molecule is Cc1cccc(C)c1-c1cc2nc(n1)NS(=O)(=O)c1cccc(c1)C(=O)N(CC1CCN(C(=O)OC(C)(C)C)CC1)[C@H](CC(C)(C)C)CO2. The van der Waals surface area contributed by atoms with Gasteiger partial charge in [0, 0.05) is 36.8 Å². The molecule has 2 aliphatic rings.